The largest absolute Gasteiger partial charge is 0.465 e. The molecule has 1 aromatic heterocycles. The molecule has 3 N–H and O–H groups in total. The van der Waals surface area contributed by atoms with Crippen LogP contribution < -0.4 is 9.44 Å². The smallest absolute Gasteiger partial charge is 0.324 e. The van der Waals surface area contributed by atoms with Crippen LogP contribution in [0.15, 0.2) is 82.6 Å². The van der Waals surface area contributed by atoms with Crippen molar-refractivity contribution in [2.75, 3.05) is 13.2 Å². The van der Waals surface area contributed by atoms with Crippen molar-refractivity contribution < 1.29 is 26.4 Å². The van der Waals surface area contributed by atoms with Gasteiger partial charge in [-0.25, -0.2) is 26.5 Å². The number of aromatic nitrogens is 2. The van der Waals surface area contributed by atoms with Gasteiger partial charge in [0.05, 0.1) is 27.4 Å². The average Bonchev–Trinajstić information content (AvgIpc) is 3.37. The summed E-state index contributed by atoms with van der Waals surface area (Å²) in [5.41, 5.74) is 2.96. The van der Waals surface area contributed by atoms with Gasteiger partial charge in [0.25, 0.3) is 0 Å². The minimum absolute atomic E-state index is 0.0246. The van der Waals surface area contributed by atoms with Crippen LogP contribution >= 0.6 is 0 Å². The molecule has 0 bridgehead atoms. The second kappa shape index (κ2) is 12.7. The Kier molecular flexibility index (Phi) is 9.36. The first kappa shape index (κ1) is 29.4. The molecule has 1 unspecified atom stereocenters. The van der Waals surface area contributed by atoms with E-state index >= 15 is 0 Å². The monoisotopic (exact) mass is 584 g/mol. The maximum atomic E-state index is 13.2. The van der Waals surface area contributed by atoms with Crippen molar-refractivity contribution in [1.29, 1.82) is 0 Å². The summed E-state index contributed by atoms with van der Waals surface area (Å²) in [6.45, 7) is 3.74. The highest BCUT2D eigenvalue weighted by atomic mass is 32.2. The van der Waals surface area contributed by atoms with Gasteiger partial charge in [-0.15, -0.1) is 0 Å². The molecule has 0 aliphatic carbocycles. The molecular weight excluding hydrogens is 552 g/mol. The summed E-state index contributed by atoms with van der Waals surface area (Å²) < 4.78 is 61.5. The summed E-state index contributed by atoms with van der Waals surface area (Å²) in [5.74, 6) is -0.0826. The zero-order valence-electron chi connectivity index (χ0n) is 22.3. The van der Waals surface area contributed by atoms with Crippen LogP contribution in [0, 0.1) is 6.92 Å². The Morgan fingerprint density at radius 1 is 0.925 bits per heavy atom. The normalized spacial score (nSPS) is 12.8. The molecule has 12 heteroatoms. The zero-order valence-corrected chi connectivity index (χ0v) is 23.9. The molecule has 4 aromatic rings. The summed E-state index contributed by atoms with van der Waals surface area (Å²) in [7, 11) is -7.75. The first-order chi connectivity index (χ1) is 19.1. The molecule has 0 saturated heterocycles. The van der Waals surface area contributed by atoms with Crippen molar-refractivity contribution in [3.05, 3.63) is 78.4 Å². The van der Waals surface area contributed by atoms with Crippen molar-refractivity contribution in [2.24, 2.45) is 0 Å². The topological polar surface area (TPSA) is 147 Å². The van der Waals surface area contributed by atoms with E-state index in [1.54, 1.807) is 25.1 Å². The second-order valence-electron chi connectivity index (χ2n) is 9.26. The quantitative estimate of drug-likeness (QED) is 0.160. The van der Waals surface area contributed by atoms with Crippen LogP contribution in [0.3, 0.4) is 0 Å². The van der Waals surface area contributed by atoms with E-state index in [0.29, 0.717) is 29.7 Å². The summed E-state index contributed by atoms with van der Waals surface area (Å²) in [5, 5.41) is 0. The number of aromatic amines is 1. The fourth-order valence-electron chi connectivity index (χ4n) is 4.09. The summed E-state index contributed by atoms with van der Waals surface area (Å²) in [6, 6.07) is 19.3. The molecule has 0 saturated carbocycles. The molecule has 10 nitrogen and oxygen atoms in total. The lowest BCUT2D eigenvalue weighted by atomic mass is 10.1. The van der Waals surface area contributed by atoms with Gasteiger partial charge < -0.3 is 9.72 Å². The van der Waals surface area contributed by atoms with E-state index in [1.165, 1.54) is 24.3 Å². The number of esters is 1. The van der Waals surface area contributed by atoms with E-state index in [0.717, 1.165) is 11.1 Å². The Labute approximate surface area is 234 Å². The fraction of sp³-hybridized carbons (Fsp3) is 0.286. The van der Waals surface area contributed by atoms with Crippen molar-refractivity contribution >= 4 is 37.0 Å². The van der Waals surface area contributed by atoms with Crippen LogP contribution in [0.1, 0.15) is 31.7 Å². The Hall–Kier alpha value is -3.58. The first-order valence-electron chi connectivity index (χ1n) is 12.9. The summed E-state index contributed by atoms with van der Waals surface area (Å²) in [6.07, 6.45) is 0.905. The van der Waals surface area contributed by atoms with Gasteiger partial charge in [0.15, 0.2) is 0 Å². The molecular formula is C28H32N4O6S2. The first-order valence-corrected chi connectivity index (χ1v) is 15.9. The van der Waals surface area contributed by atoms with Gasteiger partial charge in [0.1, 0.15) is 11.9 Å². The number of nitrogens with one attached hydrogen (secondary N) is 3. The number of rotatable bonds is 13. The number of hydrogen-bond acceptors (Lipinski definition) is 7. The number of carbonyl (C=O) groups is 1. The minimum Gasteiger partial charge on any atom is -0.465 e. The van der Waals surface area contributed by atoms with Crippen LogP contribution in [0.2, 0.25) is 0 Å². The van der Waals surface area contributed by atoms with E-state index < -0.39 is 32.1 Å². The van der Waals surface area contributed by atoms with E-state index in [1.807, 2.05) is 37.3 Å². The van der Waals surface area contributed by atoms with E-state index in [2.05, 4.69) is 19.4 Å². The molecule has 0 aliphatic heterocycles. The molecule has 212 valence electrons. The Morgan fingerprint density at radius 2 is 1.62 bits per heavy atom. The van der Waals surface area contributed by atoms with Crippen LogP contribution in [0.25, 0.3) is 22.4 Å². The number of benzene rings is 3. The molecule has 3 aromatic carbocycles. The number of fused-ring (bicyclic) bond motifs is 1. The number of imidazole rings is 1. The van der Waals surface area contributed by atoms with Crippen LogP contribution in [0.4, 0.5) is 0 Å². The third-order valence-corrected chi connectivity index (χ3v) is 9.17. The number of unbranched alkanes of at least 4 members (excludes halogenated alkanes) is 1. The van der Waals surface area contributed by atoms with E-state index in [9.17, 15) is 21.6 Å². The van der Waals surface area contributed by atoms with Gasteiger partial charge in [-0.1, -0.05) is 48.0 Å². The van der Waals surface area contributed by atoms with E-state index in [-0.39, 0.29) is 29.4 Å². The Bertz CT molecular complexity index is 1670. The van der Waals surface area contributed by atoms with Crippen molar-refractivity contribution in [1.82, 2.24) is 19.4 Å². The number of ether oxygens (including phenoxy) is 1. The van der Waals surface area contributed by atoms with E-state index in [4.69, 9.17) is 4.74 Å². The Morgan fingerprint density at radius 3 is 2.33 bits per heavy atom. The molecule has 40 heavy (non-hydrogen) atoms. The van der Waals surface area contributed by atoms with Gasteiger partial charge in [0, 0.05) is 12.1 Å². The van der Waals surface area contributed by atoms with Crippen molar-refractivity contribution in [2.45, 2.75) is 48.9 Å². The van der Waals surface area contributed by atoms with Gasteiger partial charge >= 0.3 is 5.97 Å². The minimum atomic E-state index is -4.09. The number of aryl methyl sites for hydroxylation is 1. The van der Waals surface area contributed by atoms with Crippen LogP contribution in [-0.4, -0.2) is 52.0 Å². The maximum Gasteiger partial charge on any atom is 0.324 e. The molecule has 0 fully saturated rings. The lowest BCUT2D eigenvalue weighted by molar-refractivity contribution is -0.145. The molecule has 0 aliphatic rings. The molecule has 4 rings (SSSR count). The highest BCUT2D eigenvalue weighted by molar-refractivity contribution is 7.89. The molecule has 0 radical (unpaired) electrons. The number of H-pyrrole nitrogens is 1. The fourth-order valence-corrected chi connectivity index (χ4v) is 6.41. The van der Waals surface area contributed by atoms with Crippen molar-refractivity contribution in [3.8, 4) is 11.4 Å². The maximum absolute atomic E-state index is 13.2. The Balaban J connectivity index is 1.40. The lowest BCUT2D eigenvalue weighted by Gasteiger charge is -2.17. The summed E-state index contributed by atoms with van der Waals surface area (Å²) in [4.78, 5) is 20.4. The molecule has 1 heterocycles. The zero-order chi connectivity index (χ0) is 28.8. The summed E-state index contributed by atoms with van der Waals surface area (Å²) >= 11 is 0. The predicted molar refractivity (Wildman–Crippen MR) is 152 cm³/mol. The number of hydrogen-bond donors (Lipinski definition) is 3. The highest BCUT2D eigenvalue weighted by Crippen LogP contribution is 2.23. The standard InChI is InChI=1S/C28H32N4O6S2/c1-3-38-28(33)25(11-7-8-18-29-39(34,35)22-14-12-20(2)13-15-22)32-40(36,37)23-16-17-24-26(19-23)31-27(30-24)21-9-5-4-6-10-21/h4-6,9-10,12-17,19,25,29,32H,3,7-8,11,18H2,1-2H3,(H,30,31). The van der Waals surface area contributed by atoms with Gasteiger partial charge in [-0.05, 0) is 63.4 Å². The second-order valence-corrected chi connectivity index (χ2v) is 12.7. The van der Waals surface area contributed by atoms with Gasteiger partial charge in [0.2, 0.25) is 20.0 Å². The van der Waals surface area contributed by atoms with Crippen LogP contribution in [-0.2, 0) is 29.6 Å². The third kappa shape index (κ3) is 7.33. The van der Waals surface area contributed by atoms with Crippen LogP contribution in [0.5, 0.6) is 0 Å². The number of nitrogens with zero attached hydrogens (tertiary/aromatic N) is 1. The number of carbonyl (C=O) groups excluding carboxylic acids is 1. The third-order valence-electron chi connectivity index (χ3n) is 6.22. The molecule has 0 amide bonds. The molecule has 1 atom stereocenters. The van der Waals surface area contributed by atoms with Gasteiger partial charge in [-0.3, -0.25) is 4.79 Å². The molecule has 0 spiro atoms. The highest BCUT2D eigenvalue weighted by Gasteiger charge is 2.27. The average molecular weight is 585 g/mol. The lowest BCUT2D eigenvalue weighted by Crippen LogP contribution is -2.41. The van der Waals surface area contributed by atoms with Gasteiger partial charge in [-0.2, -0.15) is 4.72 Å². The SMILES string of the molecule is CCOC(=O)C(CCCCNS(=O)(=O)c1ccc(C)cc1)NS(=O)(=O)c1ccc2nc(-c3ccccc3)[nH]c2c1. The van der Waals surface area contributed by atoms with Crippen molar-refractivity contribution in [3.63, 3.8) is 0 Å². The number of sulfonamides is 2. The predicted octanol–water partition coefficient (Wildman–Crippen LogP) is 3.90.